The van der Waals surface area contributed by atoms with E-state index in [0.29, 0.717) is 11.3 Å². The van der Waals surface area contributed by atoms with Crippen LogP contribution in [0.4, 0.5) is 10.1 Å². The number of carbonyl (C=O) groups is 3. The van der Waals surface area contributed by atoms with Gasteiger partial charge in [-0.3, -0.25) is 25.2 Å². The van der Waals surface area contributed by atoms with Crippen LogP contribution < -0.4 is 20.9 Å². The first-order valence-electron chi connectivity index (χ1n) is 9.42. The van der Waals surface area contributed by atoms with Crippen LogP contribution in [0.5, 0.6) is 5.75 Å². The summed E-state index contributed by atoms with van der Waals surface area (Å²) in [5, 5.41) is 2.73. The molecule has 0 heterocycles. The Morgan fingerprint density at radius 1 is 0.774 bits per heavy atom. The van der Waals surface area contributed by atoms with E-state index in [9.17, 15) is 18.8 Å². The Kier molecular flexibility index (Phi) is 6.95. The summed E-state index contributed by atoms with van der Waals surface area (Å²) in [6, 6.07) is 20.6. The molecule has 8 heteroatoms. The second-order valence-electron chi connectivity index (χ2n) is 6.53. The van der Waals surface area contributed by atoms with E-state index in [0.717, 1.165) is 0 Å². The first-order chi connectivity index (χ1) is 14.9. The zero-order valence-corrected chi connectivity index (χ0v) is 16.6. The zero-order valence-electron chi connectivity index (χ0n) is 16.6. The molecule has 0 aliphatic heterocycles. The van der Waals surface area contributed by atoms with Crippen molar-refractivity contribution in [3.8, 4) is 5.75 Å². The second kappa shape index (κ2) is 10.0. The highest BCUT2D eigenvalue weighted by Gasteiger charge is 2.17. The Bertz CT molecular complexity index is 1070. The maximum absolute atomic E-state index is 13.6. The Hall–Kier alpha value is -4.20. The van der Waals surface area contributed by atoms with Gasteiger partial charge in [-0.05, 0) is 55.5 Å². The lowest BCUT2D eigenvalue weighted by Crippen LogP contribution is -2.47. The minimum atomic E-state index is -1.03. The zero-order chi connectivity index (χ0) is 22.2. The number of hydrazine groups is 1. The van der Waals surface area contributed by atoms with Crippen molar-refractivity contribution in [2.24, 2.45) is 0 Å². The van der Waals surface area contributed by atoms with Crippen molar-refractivity contribution in [3.63, 3.8) is 0 Å². The number of halogens is 1. The molecule has 3 N–H and O–H groups in total. The summed E-state index contributed by atoms with van der Waals surface area (Å²) in [7, 11) is 0. The van der Waals surface area contributed by atoms with Gasteiger partial charge in [-0.1, -0.05) is 30.3 Å². The van der Waals surface area contributed by atoms with E-state index < -0.39 is 23.7 Å². The van der Waals surface area contributed by atoms with Gasteiger partial charge in [0.1, 0.15) is 0 Å². The molecule has 1 unspecified atom stereocenters. The van der Waals surface area contributed by atoms with E-state index in [1.807, 2.05) is 6.07 Å². The van der Waals surface area contributed by atoms with Crippen molar-refractivity contribution >= 4 is 23.4 Å². The Morgan fingerprint density at radius 2 is 1.39 bits per heavy atom. The van der Waals surface area contributed by atoms with Gasteiger partial charge in [0, 0.05) is 16.8 Å². The average molecular weight is 421 g/mol. The fourth-order valence-corrected chi connectivity index (χ4v) is 2.57. The summed E-state index contributed by atoms with van der Waals surface area (Å²) in [6.45, 7) is 1.43. The molecule has 7 nitrogen and oxygen atoms in total. The topological polar surface area (TPSA) is 96.5 Å². The average Bonchev–Trinajstić information content (AvgIpc) is 2.79. The predicted octanol–water partition coefficient (Wildman–Crippen LogP) is 3.31. The van der Waals surface area contributed by atoms with E-state index in [1.165, 1.54) is 37.3 Å². The molecule has 0 spiro atoms. The molecular formula is C23H20FN3O4. The number of nitrogens with one attached hydrogen (secondary N) is 3. The number of benzene rings is 3. The standard InChI is InChI=1S/C23H20FN3O4/c1-15(31-20-10-6-5-9-19(20)24)21(28)26-27-23(30)17-11-13-18(14-12-17)25-22(29)16-7-3-2-4-8-16/h2-15H,1H3,(H,25,29)(H,26,28)(H,27,30). The minimum absolute atomic E-state index is 0.0652. The maximum Gasteiger partial charge on any atom is 0.279 e. The van der Waals surface area contributed by atoms with Crippen LogP contribution in [0.15, 0.2) is 78.9 Å². The first-order valence-corrected chi connectivity index (χ1v) is 9.42. The van der Waals surface area contributed by atoms with Gasteiger partial charge in [-0.25, -0.2) is 4.39 Å². The minimum Gasteiger partial charge on any atom is -0.478 e. The predicted molar refractivity (Wildman–Crippen MR) is 113 cm³/mol. The molecule has 3 aromatic carbocycles. The van der Waals surface area contributed by atoms with Crippen LogP contribution in [-0.2, 0) is 4.79 Å². The summed E-state index contributed by atoms with van der Waals surface area (Å²) in [6.07, 6.45) is -1.03. The van der Waals surface area contributed by atoms with E-state index in [-0.39, 0.29) is 17.2 Å². The Morgan fingerprint density at radius 3 is 2.06 bits per heavy atom. The van der Waals surface area contributed by atoms with Crippen LogP contribution >= 0.6 is 0 Å². The third-order valence-corrected chi connectivity index (χ3v) is 4.25. The molecule has 0 saturated carbocycles. The number of carbonyl (C=O) groups excluding carboxylic acids is 3. The highest BCUT2D eigenvalue weighted by molar-refractivity contribution is 6.04. The van der Waals surface area contributed by atoms with E-state index in [1.54, 1.807) is 42.5 Å². The molecule has 0 bridgehead atoms. The SMILES string of the molecule is CC(Oc1ccccc1F)C(=O)NNC(=O)c1ccc(NC(=O)c2ccccc2)cc1. The maximum atomic E-state index is 13.6. The molecule has 0 fully saturated rings. The van der Waals surface area contributed by atoms with Crippen LogP contribution in [0.25, 0.3) is 0 Å². The quantitative estimate of drug-likeness (QED) is 0.532. The van der Waals surface area contributed by atoms with Gasteiger partial charge in [0.05, 0.1) is 0 Å². The third-order valence-electron chi connectivity index (χ3n) is 4.25. The molecule has 0 saturated heterocycles. The molecule has 3 rings (SSSR count). The molecule has 0 radical (unpaired) electrons. The number of para-hydroxylation sites is 1. The molecule has 31 heavy (non-hydrogen) atoms. The lowest BCUT2D eigenvalue weighted by molar-refractivity contribution is -0.128. The summed E-state index contributed by atoms with van der Waals surface area (Å²) in [5.41, 5.74) is 5.79. The third kappa shape index (κ3) is 5.89. The van der Waals surface area contributed by atoms with E-state index in [2.05, 4.69) is 16.2 Å². The van der Waals surface area contributed by atoms with Crippen molar-refractivity contribution in [1.29, 1.82) is 0 Å². The van der Waals surface area contributed by atoms with Gasteiger partial charge >= 0.3 is 0 Å². The number of ether oxygens (including phenoxy) is 1. The number of amides is 3. The van der Waals surface area contributed by atoms with Crippen LogP contribution in [0.3, 0.4) is 0 Å². The summed E-state index contributed by atoms with van der Waals surface area (Å²) in [5.74, 6) is -2.14. The van der Waals surface area contributed by atoms with Crippen molar-refractivity contribution in [2.45, 2.75) is 13.0 Å². The molecular weight excluding hydrogens is 401 g/mol. The summed E-state index contributed by atoms with van der Waals surface area (Å²) in [4.78, 5) is 36.5. The van der Waals surface area contributed by atoms with Crippen molar-refractivity contribution in [2.75, 3.05) is 5.32 Å². The van der Waals surface area contributed by atoms with E-state index in [4.69, 9.17) is 4.74 Å². The first kappa shape index (κ1) is 21.5. The van der Waals surface area contributed by atoms with Gasteiger partial charge in [0.2, 0.25) is 0 Å². The van der Waals surface area contributed by atoms with Crippen LogP contribution in [0.2, 0.25) is 0 Å². The van der Waals surface area contributed by atoms with Crippen molar-refractivity contribution in [1.82, 2.24) is 10.9 Å². The second-order valence-corrected chi connectivity index (χ2v) is 6.53. The van der Waals surface area contributed by atoms with Crippen molar-refractivity contribution < 1.29 is 23.5 Å². The molecule has 3 aromatic rings. The van der Waals surface area contributed by atoms with E-state index >= 15 is 0 Å². The molecule has 0 aromatic heterocycles. The smallest absolute Gasteiger partial charge is 0.279 e. The van der Waals surface area contributed by atoms with Gasteiger partial charge in [0.25, 0.3) is 17.7 Å². The summed E-state index contributed by atoms with van der Waals surface area (Å²) < 4.78 is 18.9. The molecule has 1 atom stereocenters. The fourth-order valence-electron chi connectivity index (χ4n) is 2.57. The molecule has 3 amide bonds. The van der Waals surface area contributed by atoms with Gasteiger partial charge < -0.3 is 10.1 Å². The normalized spacial score (nSPS) is 11.2. The largest absolute Gasteiger partial charge is 0.478 e. The van der Waals surface area contributed by atoms with Crippen molar-refractivity contribution in [3.05, 3.63) is 95.8 Å². The van der Waals surface area contributed by atoms with Gasteiger partial charge in [0.15, 0.2) is 17.7 Å². The summed E-state index contributed by atoms with van der Waals surface area (Å²) >= 11 is 0. The van der Waals surface area contributed by atoms with Crippen LogP contribution in [-0.4, -0.2) is 23.8 Å². The fraction of sp³-hybridized carbons (Fsp3) is 0.0870. The van der Waals surface area contributed by atoms with Crippen LogP contribution in [0.1, 0.15) is 27.6 Å². The van der Waals surface area contributed by atoms with Crippen LogP contribution in [0, 0.1) is 5.82 Å². The number of anilines is 1. The molecule has 158 valence electrons. The van der Waals surface area contributed by atoms with Gasteiger partial charge in [-0.15, -0.1) is 0 Å². The van der Waals surface area contributed by atoms with Gasteiger partial charge in [-0.2, -0.15) is 0 Å². The Labute approximate surface area is 178 Å². The number of hydrogen-bond acceptors (Lipinski definition) is 4. The highest BCUT2D eigenvalue weighted by Crippen LogP contribution is 2.17. The lowest BCUT2D eigenvalue weighted by atomic mass is 10.1. The monoisotopic (exact) mass is 421 g/mol. The molecule has 0 aliphatic rings. The number of hydrogen-bond donors (Lipinski definition) is 3. The number of rotatable bonds is 6. The lowest BCUT2D eigenvalue weighted by Gasteiger charge is -2.15. The highest BCUT2D eigenvalue weighted by atomic mass is 19.1. The Balaban J connectivity index is 1.50. The molecule has 0 aliphatic carbocycles.